The zero-order valence-corrected chi connectivity index (χ0v) is 16.2. The van der Waals surface area contributed by atoms with E-state index in [-0.39, 0.29) is 5.69 Å². The fourth-order valence-corrected chi connectivity index (χ4v) is 3.33. The zero-order chi connectivity index (χ0) is 20.2. The molecule has 4 rings (SSSR count). The number of benzene rings is 2. The Hall–Kier alpha value is -3.63. The van der Waals surface area contributed by atoms with Gasteiger partial charge in [0.15, 0.2) is 0 Å². The summed E-state index contributed by atoms with van der Waals surface area (Å²) in [5, 5.41) is 13.8. The van der Waals surface area contributed by atoms with Crippen LogP contribution in [0.4, 0.5) is 0 Å². The average Bonchev–Trinajstić information content (AvgIpc) is 3.45. The van der Waals surface area contributed by atoms with E-state index in [1.807, 2.05) is 12.1 Å². The van der Waals surface area contributed by atoms with E-state index in [9.17, 15) is 9.59 Å². The van der Waals surface area contributed by atoms with Crippen LogP contribution in [0.15, 0.2) is 60.2 Å². The molecule has 2 aromatic heterocycles. The Morgan fingerprint density at radius 1 is 0.966 bits per heavy atom. The van der Waals surface area contributed by atoms with Crippen molar-refractivity contribution in [1.29, 1.82) is 0 Å². The molecule has 2 heterocycles. The second-order valence-electron chi connectivity index (χ2n) is 5.75. The first-order valence-electron chi connectivity index (χ1n) is 8.26. The minimum absolute atomic E-state index is 0.203. The van der Waals surface area contributed by atoms with Crippen LogP contribution in [-0.4, -0.2) is 37.0 Å². The van der Waals surface area contributed by atoms with E-state index < -0.39 is 11.8 Å². The number of carbonyl (C=O) groups excluding carboxylic acids is 2. The molecule has 2 aromatic carbocycles. The molecule has 0 atom stereocenters. The van der Waals surface area contributed by atoms with E-state index in [1.165, 1.54) is 22.3 Å². The number of amides is 2. The van der Waals surface area contributed by atoms with Crippen molar-refractivity contribution in [1.82, 2.24) is 36.0 Å². The van der Waals surface area contributed by atoms with Crippen LogP contribution in [-0.2, 0) is 0 Å². The highest BCUT2D eigenvalue weighted by atomic mass is 35.5. The van der Waals surface area contributed by atoms with Gasteiger partial charge in [-0.2, -0.15) is 0 Å². The summed E-state index contributed by atoms with van der Waals surface area (Å²) in [6, 6.07) is 13.7. The molecule has 29 heavy (non-hydrogen) atoms. The molecule has 0 saturated carbocycles. The predicted molar refractivity (Wildman–Crippen MR) is 107 cm³/mol. The van der Waals surface area contributed by atoms with Crippen molar-refractivity contribution in [3.8, 4) is 16.3 Å². The third-order valence-electron chi connectivity index (χ3n) is 3.86. The first-order valence-corrected chi connectivity index (χ1v) is 9.51. The molecule has 2 amide bonds. The van der Waals surface area contributed by atoms with Gasteiger partial charge in [-0.1, -0.05) is 23.7 Å². The number of tetrazole rings is 1. The standard InChI is InChI=1S/C18H12ClN7O2S/c19-13-5-1-12(2-6-13)18-21-15(9-29-18)17(28)23-22-16(27)11-3-7-14(8-4-11)26-10-20-24-25-26/h1-10H,(H,22,27)(H,23,28). The fourth-order valence-electron chi connectivity index (χ4n) is 2.40. The Labute approximate surface area is 173 Å². The topological polar surface area (TPSA) is 115 Å². The molecule has 4 aromatic rings. The number of halogens is 1. The second-order valence-corrected chi connectivity index (χ2v) is 7.05. The summed E-state index contributed by atoms with van der Waals surface area (Å²) in [7, 11) is 0. The van der Waals surface area contributed by atoms with Crippen molar-refractivity contribution < 1.29 is 9.59 Å². The van der Waals surface area contributed by atoms with Crippen LogP contribution in [0.2, 0.25) is 5.02 Å². The lowest BCUT2D eigenvalue weighted by atomic mass is 10.2. The summed E-state index contributed by atoms with van der Waals surface area (Å²) in [6.07, 6.45) is 1.45. The van der Waals surface area contributed by atoms with Gasteiger partial charge < -0.3 is 0 Å². The van der Waals surface area contributed by atoms with Crippen molar-refractivity contribution in [2.24, 2.45) is 0 Å². The molecule has 0 bridgehead atoms. The third-order valence-corrected chi connectivity index (χ3v) is 5.00. The minimum Gasteiger partial charge on any atom is -0.267 e. The maximum absolute atomic E-state index is 12.3. The third kappa shape index (κ3) is 4.28. The van der Waals surface area contributed by atoms with Crippen LogP contribution in [0.25, 0.3) is 16.3 Å². The highest BCUT2D eigenvalue weighted by Gasteiger charge is 2.13. The number of hydrazine groups is 1. The highest BCUT2D eigenvalue weighted by Crippen LogP contribution is 2.25. The van der Waals surface area contributed by atoms with Crippen LogP contribution in [0.1, 0.15) is 20.8 Å². The Balaban J connectivity index is 1.37. The molecule has 0 saturated heterocycles. The van der Waals surface area contributed by atoms with Crippen molar-refractivity contribution in [3.63, 3.8) is 0 Å². The molecule has 2 N–H and O–H groups in total. The van der Waals surface area contributed by atoms with Crippen LogP contribution in [0.3, 0.4) is 0 Å². The molecule has 0 spiro atoms. The van der Waals surface area contributed by atoms with Crippen LogP contribution in [0, 0.1) is 0 Å². The molecule has 9 nitrogen and oxygen atoms in total. The number of hydrogen-bond acceptors (Lipinski definition) is 7. The summed E-state index contributed by atoms with van der Waals surface area (Å²) in [5.41, 5.74) is 6.85. The van der Waals surface area contributed by atoms with Crippen LogP contribution in [0.5, 0.6) is 0 Å². The number of nitrogens with one attached hydrogen (secondary N) is 2. The molecular weight excluding hydrogens is 414 g/mol. The van der Waals surface area contributed by atoms with E-state index in [1.54, 1.807) is 41.8 Å². The van der Waals surface area contributed by atoms with Crippen molar-refractivity contribution >= 4 is 34.8 Å². The monoisotopic (exact) mass is 425 g/mol. The number of thiazole rings is 1. The Kier molecular flexibility index (Phi) is 5.27. The van der Waals surface area contributed by atoms with Crippen LogP contribution >= 0.6 is 22.9 Å². The lowest BCUT2D eigenvalue weighted by Crippen LogP contribution is -2.41. The Morgan fingerprint density at radius 2 is 1.69 bits per heavy atom. The summed E-state index contributed by atoms with van der Waals surface area (Å²) in [4.78, 5) is 28.8. The number of hydrogen-bond donors (Lipinski definition) is 2. The fraction of sp³-hybridized carbons (Fsp3) is 0. The molecule has 0 aliphatic rings. The largest absolute Gasteiger partial charge is 0.289 e. The molecule has 0 aliphatic carbocycles. The number of aromatic nitrogens is 5. The average molecular weight is 426 g/mol. The SMILES string of the molecule is O=C(NNC(=O)c1csc(-c2ccc(Cl)cc2)n1)c1ccc(-n2cnnn2)cc1. The van der Waals surface area contributed by atoms with Crippen LogP contribution < -0.4 is 10.9 Å². The number of carbonyl (C=O) groups is 2. The normalized spacial score (nSPS) is 10.5. The van der Waals surface area contributed by atoms with Gasteiger partial charge in [0.2, 0.25) is 0 Å². The first kappa shape index (κ1) is 18.7. The van der Waals surface area contributed by atoms with E-state index in [0.717, 1.165) is 5.56 Å². The highest BCUT2D eigenvalue weighted by molar-refractivity contribution is 7.13. The van der Waals surface area contributed by atoms with Gasteiger partial charge >= 0.3 is 0 Å². The number of nitrogens with zero attached hydrogens (tertiary/aromatic N) is 5. The van der Waals surface area contributed by atoms with E-state index in [2.05, 4.69) is 31.4 Å². The molecule has 0 radical (unpaired) electrons. The van der Waals surface area contributed by atoms with Gasteiger partial charge in [0, 0.05) is 21.5 Å². The molecular formula is C18H12ClN7O2S. The van der Waals surface area contributed by atoms with Crippen molar-refractivity contribution in [3.05, 3.63) is 76.5 Å². The molecule has 144 valence electrons. The van der Waals surface area contributed by atoms with Crippen molar-refractivity contribution in [2.45, 2.75) is 0 Å². The van der Waals surface area contributed by atoms with Gasteiger partial charge in [0.25, 0.3) is 11.8 Å². The maximum atomic E-state index is 12.3. The zero-order valence-electron chi connectivity index (χ0n) is 14.6. The number of rotatable bonds is 4. The summed E-state index contributed by atoms with van der Waals surface area (Å²) < 4.78 is 1.46. The Bertz CT molecular complexity index is 1140. The maximum Gasteiger partial charge on any atom is 0.289 e. The van der Waals surface area contributed by atoms with Gasteiger partial charge in [-0.3, -0.25) is 20.4 Å². The van der Waals surface area contributed by atoms with E-state index >= 15 is 0 Å². The van der Waals surface area contributed by atoms with E-state index in [4.69, 9.17) is 11.6 Å². The smallest absolute Gasteiger partial charge is 0.267 e. The van der Waals surface area contributed by atoms with E-state index in [0.29, 0.717) is 21.3 Å². The van der Waals surface area contributed by atoms with Gasteiger partial charge in [-0.25, -0.2) is 9.67 Å². The lowest BCUT2D eigenvalue weighted by Gasteiger charge is -2.06. The molecule has 0 fully saturated rings. The van der Waals surface area contributed by atoms with Crippen molar-refractivity contribution in [2.75, 3.05) is 0 Å². The van der Waals surface area contributed by atoms with Gasteiger partial charge in [-0.15, -0.1) is 16.4 Å². The van der Waals surface area contributed by atoms with Gasteiger partial charge in [0.1, 0.15) is 17.0 Å². The summed E-state index contributed by atoms with van der Waals surface area (Å²) in [5.74, 6) is -0.977. The molecule has 0 unspecified atom stereocenters. The lowest BCUT2D eigenvalue weighted by molar-refractivity contribution is 0.0844. The first-order chi connectivity index (χ1) is 14.1. The summed E-state index contributed by atoms with van der Waals surface area (Å²) >= 11 is 7.20. The minimum atomic E-state index is -0.514. The summed E-state index contributed by atoms with van der Waals surface area (Å²) in [6.45, 7) is 0. The van der Waals surface area contributed by atoms with Gasteiger partial charge in [-0.05, 0) is 46.8 Å². The quantitative estimate of drug-likeness (QED) is 0.485. The Morgan fingerprint density at radius 3 is 2.38 bits per heavy atom. The second kappa shape index (κ2) is 8.17. The predicted octanol–water partition coefficient (Wildman–Crippen LogP) is 2.51. The van der Waals surface area contributed by atoms with Gasteiger partial charge in [0.05, 0.1) is 5.69 Å². The molecule has 11 heteroatoms. The molecule has 0 aliphatic heterocycles.